The minimum atomic E-state index is 0.361. The molecule has 2 fully saturated rings. The van der Waals surface area contributed by atoms with Crippen LogP contribution in [0.2, 0.25) is 0 Å². The maximum atomic E-state index is 4.32. The number of aromatic nitrogens is 1. The molecule has 2 saturated carbocycles. The van der Waals surface area contributed by atoms with Crippen LogP contribution in [0.15, 0.2) is 24.5 Å². The van der Waals surface area contributed by atoms with E-state index in [1.54, 1.807) is 0 Å². The van der Waals surface area contributed by atoms with Gasteiger partial charge in [0.15, 0.2) is 0 Å². The van der Waals surface area contributed by atoms with E-state index in [1.165, 1.54) is 50.5 Å². The van der Waals surface area contributed by atoms with Gasteiger partial charge in [0.05, 0.1) is 0 Å². The van der Waals surface area contributed by atoms with E-state index in [1.807, 2.05) is 6.20 Å². The highest BCUT2D eigenvalue weighted by Crippen LogP contribution is 2.61. The number of hydrogen-bond donors (Lipinski definition) is 1. The summed E-state index contributed by atoms with van der Waals surface area (Å²) >= 11 is 0. The van der Waals surface area contributed by atoms with Crippen LogP contribution in [0.5, 0.6) is 0 Å². The van der Waals surface area contributed by atoms with Gasteiger partial charge in [0.2, 0.25) is 0 Å². The highest BCUT2D eigenvalue weighted by molar-refractivity contribution is 5.29. The Morgan fingerprint density at radius 3 is 2.61 bits per heavy atom. The van der Waals surface area contributed by atoms with Gasteiger partial charge in [-0.1, -0.05) is 25.3 Å². The second-order valence-corrected chi connectivity index (χ2v) is 6.47. The molecule has 0 aromatic carbocycles. The average Bonchev–Trinajstić information content (AvgIpc) is 2.39. The van der Waals surface area contributed by atoms with Crippen LogP contribution < -0.4 is 5.32 Å². The molecule has 1 spiro atoms. The Morgan fingerprint density at radius 2 is 2.00 bits per heavy atom. The number of nitrogens with zero attached hydrogens (tertiary/aromatic N) is 1. The van der Waals surface area contributed by atoms with Crippen molar-refractivity contribution >= 4 is 0 Å². The fraction of sp³-hybridized carbons (Fsp3) is 0.688. The minimum Gasteiger partial charge on any atom is -0.319 e. The molecule has 1 heterocycles. The lowest BCUT2D eigenvalue weighted by Gasteiger charge is -2.58. The second kappa shape index (κ2) is 4.65. The summed E-state index contributed by atoms with van der Waals surface area (Å²) < 4.78 is 0. The first-order valence-electron chi connectivity index (χ1n) is 7.34. The smallest absolute Gasteiger partial charge is 0.0306 e. The molecule has 0 atom stereocenters. The molecular formula is C16H24N2. The molecule has 1 aromatic heterocycles. The third-order valence-electron chi connectivity index (χ3n) is 5.13. The van der Waals surface area contributed by atoms with Gasteiger partial charge in [0.25, 0.3) is 0 Å². The maximum absolute atomic E-state index is 4.32. The van der Waals surface area contributed by atoms with Gasteiger partial charge in [-0.15, -0.1) is 0 Å². The van der Waals surface area contributed by atoms with Crippen molar-refractivity contribution in [1.29, 1.82) is 0 Å². The van der Waals surface area contributed by atoms with Gasteiger partial charge in [-0.25, -0.2) is 0 Å². The molecule has 98 valence electrons. The Bertz CT molecular complexity index is 385. The Morgan fingerprint density at radius 1 is 1.22 bits per heavy atom. The van der Waals surface area contributed by atoms with Crippen molar-refractivity contribution in [2.24, 2.45) is 5.41 Å². The van der Waals surface area contributed by atoms with Crippen LogP contribution in [-0.4, -0.2) is 18.6 Å². The molecule has 0 aliphatic heterocycles. The van der Waals surface area contributed by atoms with Crippen molar-refractivity contribution in [3.63, 3.8) is 0 Å². The molecule has 1 N–H and O–H groups in total. The van der Waals surface area contributed by atoms with E-state index < -0.39 is 0 Å². The van der Waals surface area contributed by atoms with E-state index >= 15 is 0 Å². The molecule has 0 saturated heterocycles. The van der Waals surface area contributed by atoms with Gasteiger partial charge < -0.3 is 5.32 Å². The highest BCUT2D eigenvalue weighted by Gasteiger charge is 2.54. The van der Waals surface area contributed by atoms with Crippen LogP contribution in [0.3, 0.4) is 0 Å². The normalized spacial score (nSPS) is 24.7. The summed E-state index contributed by atoms with van der Waals surface area (Å²) in [4.78, 5) is 4.32. The molecule has 1 aromatic rings. The topological polar surface area (TPSA) is 24.9 Å². The van der Waals surface area contributed by atoms with Crippen LogP contribution in [0.25, 0.3) is 0 Å². The first-order valence-corrected chi connectivity index (χ1v) is 7.34. The number of rotatable bonds is 3. The Kier molecular flexibility index (Phi) is 3.14. The summed E-state index contributed by atoms with van der Waals surface area (Å²) in [5, 5.41) is 3.40. The summed E-state index contributed by atoms with van der Waals surface area (Å²) in [6.45, 7) is 1.10. The van der Waals surface area contributed by atoms with E-state index in [0.717, 1.165) is 6.54 Å². The third-order valence-corrected chi connectivity index (χ3v) is 5.13. The molecular weight excluding hydrogens is 220 g/mol. The van der Waals surface area contributed by atoms with Crippen LogP contribution >= 0.6 is 0 Å². The molecule has 0 amide bonds. The van der Waals surface area contributed by atoms with Gasteiger partial charge >= 0.3 is 0 Å². The summed E-state index contributed by atoms with van der Waals surface area (Å²) in [6.07, 6.45) is 14.0. The zero-order valence-corrected chi connectivity index (χ0v) is 11.4. The molecule has 0 bridgehead atoms. The molecule has 2 nitrogen and oxygen atoms in total. The SMILES string of the molecule is CNCC1(c2cccnc2)CC2(CCCCC2)C1. The summed E-state index contributed by atoms with van der Waals surface area (Å²) in [7, 11) is 2.07. The fourth-order valence-corrected chi connectivity index (χ4v) is 4.49. The van der Waals surface area contributed by atoms with E-state index in [4.69, 9.17) is 0 Å². The monoisotopic (exact) mass is 244 g/mol. The number of hydrogen-bond acceptors (Lipinski definition) is 2. The number of pyridine rings is 1. The predicted molar refractivity (Wildman–Crippen MR) is 74.6 cm³/mol. The molecule has 2 aliphatic rings. The van der Waals surface area contributed by atoms with E-state index in [0.29, 0.717) is 10.8 Å². The number of likely N-dealkylation sites (N-methyl/N-ethyl adjacent to an activating group) is 1. The van der Waals surface area contributed by atoms with Gasteiger partial charge in [0.1, 0.15) is 0 Å². The second-order valence-electron chi connectivity index (χ2n) is 6.47. The number of nitrogens with one attached hydrogen (secondary N) is 1. The van der Waals surface area contributed by atoms with Crippen LogP contribution in [-0.2, 0) is 5.41 Å². The zero-order valence-electron chi connectivity index (χ0n) is 11.4. The molecule has 0 unspecified atom stereocenters. The van der Waals surface area contributed by atoms with Crippen molar-refractivity contribution in [3.8, 4) is 0 Å². The highest BCUT2D eigenvalue weighted by atomic mass is 14.9. The summed E-state index contributed by atoms with van der Waals surface area (Å²) in [6, 6.07) is 4.35. The largest absolute Gasteiger partial charge is 0.319 e. The first kappa shape index (κ1) is 12.2. The van der Waals surface area contributed by atoms with Gasteiger partial charge in [-0.05, 0) is 49.8 Å². The van der Waals surface area contributed by atoms with E-state index in [9.17, 15) is 0 Å². The van der Waals surface area contributed by atoms with Crippen molar-refractivity contribution in [1.82, 2.24) is 10.3 Å². The van der Waals surface area contributed by atoms with Crippen LogP contribution in [0.4, 0.5) is 0 Å². The van der Waals surface area contributed by atoms with Gasteiger partial charge in [-0.2, -0.15) is 0 Å². The third kappa shape index (κ3) is 1.97. The van der Waals surface area contributed by atoms with Gasteiger partial charge in [-0.3, -0.25) is 4.98 Å². The average molecular weight is 244 g/mol. The molecule has 18 heavy (non-hydrogen) atoms. The first-order chi connectivity index (χ1) is 8.79. The van der Waals surface area contributed by atoms with E-state index in [2.05, 4.69) is 35.7 Å². The lowest BCUT2D eigenvalue weighted by molar-refractivity contribution is -0.0120. The van der Waals surface area contributed by atoms with Crippen molar-refractivity contribution in [2.75, 3.05) is 13.6 Å². The van der Waals surface area contributed by atoms with Crippen molar-refractivity contribution < 1.29 is 0 Å². The minimum absolute atomic E-state index is 0.361. The summed E-state index contributed by atoms with van der Waals surface area (Å²) in [5.41, 5.74) is 2.47. The van der Waals surface area contributed by atoms with Crippen molar-refractivity contribution in [2.45, 2.75) is 50.4 Å². The fourth-order valence-electron chi connectivity index (χ4n) is 4.49. The Balaban J connectivity index is 1.79. The molecule has 2 aliphatic carbocycles. The lowest BCUT2D eigenvalue weighted by Crippen LogP contribution is -2.55. The van der Waals surface area contributed by atoms with Crippen LogP contribution in [0.1, 0.15) is 50.5 Å². The molecule has 0 radical (unpaired) electrons. The van der Waals surface area contributed by atoms with E-state index in [-0.39, 0.29) is 0 Å². The van der Waals surface area contributed by atoms with Crippen LogP contribution in [0, 0.1) is 5.41 Å². The zero-order chi connectivity index (χ0) is 12.5. The Labute approximate surface area is 110 Å². The standard InChI is InChI=1S/C16H24N2/c1-17-13-16(14-6-5-9-18-10-14)11-15(12-16)7-3-2-4-8-15/h5-6,9-10,17H,2-4,7-8,11-13H2,1H3. The molecule has 3 rings (SSSR count). The Hall–Kier alpha value is -0.890. The maximum Gasteiger partial charge on any atom is 0.0306 e. The quantitative estimate of drug-likeness (QED) is 0.882. The molecule has 2 heteroatoms. The van der Waals surface area contributed by atoms with Crippen molar-refractivity contribution in [3.05, 3.63) is 30.1 Å². The van der Waals surface area contributed by atoms with Gasteiger partial charge in [0, 0.05) is 24.4 Å². The summed E-state index contributed by atoms with van der Waals surface area (Å²) in [5.74, 6) is 0. The lowest BCUT2D eigenvalue weighted by atomic mass is 9.47. The predicted octanol–water partition coefficient (Wildman–Crippen LogP) is 3.28.